The predicted molar refractivity (Wildman–Crippen MR) is 76.6 cm³/mol. The Labute approximate surface area is 117 Å². The smallest absolute Gasteiger partial charge is 0.244 e. The zero-order valence-corrected chi connectivity index (χ0v) is 12.5. The lowest BCUT2D eigenvalue weighted by Gasteiger charge is -2.32. The molecule has 1 spiro atoms. The van der Waals surface area contributed by atoms with Gasteiger partial charge in [-0.1, -0.05) is 32.6 Å². The first-order chi connectivity index (χ1) is 9.11. The van der Waals surface area contributed by atoms with E-state index >= 15 is 0 Å². The average Bonchev–Trinajstić information content (AvgIpc) is 2.92. The molecule has 19 heavy (non-hydrogen) atoms. The number of hydrogen-bond acceptors (Lipinski definition) is 2. The van der Waals surface area contributed by atoms with Crippen molar-refractivity contribution in [3.63, 3.8) is 0 Å². The Morgan fingerprint density at radius 1 is 1.21 bits per heavy atom. The maximum Gasteiger partial charge on any atom is 0.244 e. The fraction of sp³-hybridized carbons (Fsp3) is 0.938. The molecule has 3 heteroatoms. The van der Waals surface area contributed by atoms with Crippen LogP contribution in [-0.4, -0.2) is 29.1 Å². The van der Waals surface area contributed by atoms with E-state index in [0.717, 1.165) is 31.2 Å². The summed E-state index contributed by atoms with van der Waals surface area (Å²) < 4.78 is 0. The second kappa shape index (κ2) is 5.08. The lowest BCUT2D eigenvalue weighted by atomic mass is 9.82. The van der Waals surface area contributed by atoms with Crippen LogP contribution in [0.3, 0.4) is 0 Å². The molecule has 3 atom stereocenters. The molecular weight excluding hydrogens is 236 g/mol. The van der Waals surface area contributed by atoms with Gasteiger partial charge in [-0.3, -0.25) is 10.1 Å². The highest BCUT2D eigenvalue weighted by atomic mass is 16.2. The first-order valence-corrected chi connectivity index (χ1v) is 8.19. The van der Waals surface area contributed by atoms with E-state index in [4.69, 9.17) is 0 Å². The van der Waals surface area contributed by atoms with Gasteiger partial charge in [-0.25, -0.2) is 0 Å². The van der Waals surface area contributed by atoms with Crippen LogP contribution in [0.15, 0.2) is 0 Å². The summed E-state index contributed by atoms with van der Waals surface area (Å²) in [7, 11) is 0. The fourth-order valence-corrected chi connectivity index (χ4v) is 4.57. The molecule has 3 fully saturated rings. The van der Waals surface area contributed by atoms with Crippen LogP contribution in [0.2, 0.25) is 0 Å². The van der Waals surface area contributed by atoms with E-state index in [-0.39, 0.29) is 11.7 Å². The number of hydrogen-bond donors (Lipinski definition) is 1. The molecular formula is C16H28N2O. The van der Waals surface area contributed by atoms with Crippen LogP contribution in [0.25, 0.3) is 0 Å². The predicted octanol–water partition coefficient (Wildman–Crippen LogP) is 2.90. The van der Waals surface area contributed by atoms with E-state index in [1.54, 1.807) is 0 Å². The largest absolute Gasteiger partial charge is 0.326 e. The summed E-state index contributed by atoms with van der Waals surface area (Å²) in [5.41, 5.74) is -0.181. The molecule has 2 aliphatic carbocycles. The molecule has 0 bridgehead atoms. The Kier molecular flexibility index (Phi) is 3.59. The van der Waals surface area contributed by atoms with E-state index in [9.17, 15) is 4.79 Å². The van der Waals surface area contributed by atoms with Gasteiger partial charge in [0.1, 0.15) is 0 Å². The second-order valence-electron chi connectivity index (χ2n) is 7.20. The van der Waals surface area contributed by atoms with Gasteiger partial charge in [0.05, 0.1) is 11.7 Å². The fourth-order valence-electron chi connectivity index (χ4n) is 4.57. The summed E-state index contributed by atoms with van der Waals surface area (Å²) in [4.78, 5) is 14.9. The van der Waals surface area contributed by atoms with Crippen molar-refractivity contribution in [3.8, 4) is 0 Å². The molecule has 1 amide bonds. The number of carbonyl (C=O) groups is 1. The van der Waals surface area contributed by atoms with Gasteiger partial charge < -0.3 is 4.90 Å². The van der Waals surface area contributed by atoms with Gasteiger partial charge in [-0.15, -0.1) is 0 Å². The molecule has 3 unspecified atom stereocenters. The third kappa shape index (κ3) is 2.42. The van der Waals surface area contributed by atoms with E-state index in [1.807, 2.05) is 0 Å². The van der Waals surface area contributed by atoms with Crippen molar-refractivity contribution >= 4 is 5.91 Å². The number of nitrogens with zero attached hydrogens (tertiary/aromatic N) is 1. The maximum absolute atomic E-state index is 12.8. The Bertz CT molecular complexity index is 349. The van der Waals surface area contributed by atoms with Crippen molar-refractivity contribution in [1.82, 2.24) is 10.2 Å². The maximum atomic E-state index is 12.8. The molecule has 2 saturated carbocycles. The minimum absolute atomic E-state index is 0.181. The zero-order valence-electron chi connectivity index (χ0n) is 12.5. The van der Waals surface area contributed by atoms with Gasteiger partial charge in [0.2, 0.25) is 5.91 Å². The topological polar surface area (TPSA) is 32.3 Å². The number of rotatable bonds is 2. The molecule has 1 aliphatic heterocycles. The number of nitrogens with one attached hydrogen (secondary N) is 1. The molecule has 108 valence electrons. The molecule has 3 nitrogen and oxygen atoms in total. The van der Waals surface area contributed by atoms with E-state index < -0.39 is 0 Å². The average molecular weight is 264 g/mol. The molecule has 3 aliphatic rings. The van der Waals surface area contributed by atoms with Crippen molar-refractivity contribution in [2.45, 2.75) is 76.9 Å². The van der Waals surface area contributed by atoms with Gasteiger partial charge in [0, 0.05) is 6.54 Å². The summed E-state index contributed by atoms with van der Waals surface area (Å²) in [5.74, 6) is 1.98. The quantitative estimate of drug-likeness (QED) is 0.831. The van der Waals surface area contributed by atoms with Crippen LogP contribution in [0.5, 0.6) is 0 Å². The highest BCUT2D eigenvalue weighted by Crippen LogP contribution is 2.38. The molecule has 0 aromatic heterocycles. The van der Waals surface area contributed by atoms with Crippen molar-refractivity contribution in [2.24, 2.45) is 11.8 Å². The van der Waals surface area contributed by atoms with Crippen LogP contribution in [-0.2, 0) is 4.79 Å². The molecule has 1 N–H and O–H groups in total. The third-order valence-corrected chi connectivity index (χ3v) is 5.58. The van der Waals surface area contributed by atoms with Gasteiger partial charge in [0.25, 0.3) is 0 Å². The van der Waals surface area contributed by atoms with Crippen LogP contribution in [0.1, 0.15) is 65.2 Å². The minimum Gasteiger partial charge on any atom is -0.326 e. The molecule has 0 aromatic carbocycles. The molecule has 1 saturated heterocycles. The lowest BCUT2D eigenvalue weighted by Crippen LogP contribution is -2.44. The highest BCUT2D eigenvalue weighted by Gasteiger charge is 2.51. The lowest BCUT2D eigenvalue weighted by molar-refractivity contribution is -0.133. The van der Waals surface area contributed by atoms with Crippen LogP contribution in [0.4, 0.5) is 0 Å². The molecule has 0 radical (unpaired) electrons. The van der Waals surface area contributed by atoms with Crippen molar-refractivity contribution in [1.29, 1.82) is 0 Å². The SMILES string of the molecule is CC1CCCC(CN2C(=O)C3(CCCC3)NC2C)C1. The number of carbonyl (C=O) groups excluding carboxylic acids is 1. The zero-order chi connectivity index (χ0) is 13.5. The van der Waals surface area contributed by atoms with Gasteiger partial charge in [-0.2, -0.15) is 0 Å². The normalized spacial score (nSPS) is 38.3. The van der Waals surface area contributed by atoms with Crippen LogP contribution >= 0.6 is 0 Å². The van der Waals surface area contributed by atoms with Crippen LogP contribution in [0, 0.1) is 11.8 Å². The standard InChI is InChI=1S/C16H28N2O/c1-12-6-5-7-14(10-12)11-18-13(2)17-16(15(18)19)8-3-4-9-16/h12-14,17H,3-11H2,1-2H3. The Morgan fingerprint density at radius 3 is 2.63 bits per heavy atom. The van der Waals surface area contributed by atoms with Gasteiger partial charge >= 0.3 is 0 Å². The summed E-state index contributed by atoms with van der Waals surface area (Å²) in [6, 6.07) is 0. The molecule has 0 aromatic rings. The minimum atomic E-state index is -0.181. The van der Waals surface area contributed by atoms with Crippen molar-refractivity contribution in [2.75, 3.05) is 6.54 Å². The first-order valence-electron chi connectivity index (χ1n) is 8.19. The van der Waals surface area contributed by atoms with Crippen molar-refractivity contribution < 1.29 is 4.79 Å². The van der Waals surface area contributed by atoms with E-state index in [0.29, 0.717) is 5.91 Å². The third-order valence-electron chi connectivity index (χ3n) is 5.58. The first kappa shape index (κ1) is 13.4. The number of amides is 1. The Hall–Kier alpha value is -0.570. The van der Waals surface area contributed by atoms with Gasteiger partial charge in [-0.05, 0) is 44.4 Å². The monoisotopic (exact) mass is 264 g/mol. The molecule has 3 rings (SSSR count). The Balaban J connectivity index is 1.66. The summed E-state index contributed by atoms with van der Waals surface area (Å²) in [5, 5.41) is 3.61. The molecule has 1 heterocycles. The van der Waals surface area contributed by atoms with Gasteiger partial charge in [0.15, 0.2) is 0 Å². The second-order valence-corrected chi connectivity index (χ2v) is 7.20. The Morgan fingerprint density at radius 2 is 1.95 bits per heavy atom. The summed E-state index contributed by atoms with van der Waals surface area (Å²) in [6.45, 7) is 5.51. The summed E-state index contributed by atoms with van der Waals surface area (Å²) in [6.07, 6.45) is 10.1. The summed E-state index contributed by atoms with van der Waals surface area (Å²) >= 11 is 0. The van der Waals surface area contributed by atoms with E-state index in [1.165, 1.54) is 38.5 Å². The highest BCUT2D eigenvalue weighted by molar-refractivity contribution is 5.89. The van der Waals surface area contributed by atoms with Crippen LogP contribution < -0.4 is 5.32 Å². The van der Waals surface area contributed by atoms with E-state index in [2.05, 4.69) is 24.1 Å². The van der Waals surface area contributed by atoms with Crippen molar-refractivity contribution in [3.05, 3.63) is 0 Å².